The second kappa shape index (κ2) is 6.85. The molecule has 0 N–H and O–H groups in total. The van der Waals surface area contributed by atoms with Crippen LogP contribution in [-0.2, 0) is 0 Å². The smallest absolute Gasteiger partial charge is 0.162 e. The third-order valence-corrected chi connectivity index (χ3v) is 5.09. The summed E-state index contributed by atoms with van der Waals surface area (Å²) in [5.41, 5.74) is 1.11. The molecule has 0 bridgehead atoms. The number of ether oxygens (including phenoxy) is 2. The predicted molar refractivity (Wildman–Crippen MR) is 82.8 cm³/mol. The molecule has 0 saturated heterocycles. The lowest BCUT2D eigenvalue weighted by molar-refractivity contribution is 0.285. The van der Waals surface area contributed by atoms with Crippen LogP contribution in [0.4, 0.5) is 0 Å². The lowest BCUT2D eigenvalue weighted by Crippen LogP contribution is -2.16. The Bertz CT molecular complexity index is 432. The fraction of sp³-hybridized carbons (Fsp3) is 0.600. The van der Waals surface area contributed by atoms with E-state index in [4.69, 9.17) is 21.1 Å². The fourth-order valence-corrected chi connectivity index (χ4v) is 3.60. The summed E-state index contributed by atoms with van der Waals surface area (Å²) in [4.78, 5) is 0.309. The number of benzene rings is 1. The zero-order chi connectivity index (χ0) is 13.8. The van der Waals surface area contributed by atoms with Crippen molar-refractivity contribution in [1.82, 2.24) is 0 Å². The number of rotatable bonds is 6. The minimum absolute atomic E-state index is 0.309. The van der Waals surface area contributed by atoms with Gasteiger partial charge < -0.3 is 9.47 Å². The molecule has 1 unspecified atom stereocenters. The maximum Gasteiger partial charge on any atom is 0.162 e. The maximum absolute atomic E-state index is 6.39. The Hall–Kier alpha value is -0.410. The first-order valence-electron chi connectivity index (χ1n) is 6.90. The van der Waals surface area contributed by atoms with Gasteiger partial charge in [0, 0.05) is 15.9 Å². The highest BCUT2D eigenvalue weighted by molar-refractivity contribution is 9.09. The Morgan fingerprint density at radius 1 is 1.21 bits per heavy atom. The first-order chi connectivity index (χ1) is 9.17. The topological polar surface area (TPSA) is 18.5 Å². The monoisotopic (exact) mass is 346 g/mol. The maximum atomic E-state index is 6.39. The Balaban J connectivity index is 2.29. The van der Waals surface area contributed by atoms with Crippen LogP contribution in [0.15, 0.2) is 12.1 Å². The summed E-state index contributed by atoms with van der Waals surface area (Å²) < 4.78 is 11.2. The largest absolute Gasteiger partial charge is 0.490 e. The molecule has 4 heteroatoms. The van der Waals surface area contributed by atoms with Gasteiger partial charge in [0.2, 0.25) is 0 Å². The van der Waals surface area contributed by atoms with E-state index in [-0.39, 0.29) is 0 Å². The van der Waals surface area contributed by atoms with Gasteiger partial charge in [-0.3, -0.25) is 0 Å². The van der Waals surface area contributed by atoms with Crippen LogP contribution in [-0.4, -0.2) is 13.2 Å². The van der Waals surface area contributed by atoms with E-state index in [1.807, 2.05) is 26.0 Å². The van der Waals surface area contributed by atoms with Gasteiger partial charge in [0.05, 0.1) is 13.2 Å². The van der Waals surface area contributed by atoms with Gasteiger partial charge in [0.25, 0.3) is 0 Å². The molecule has 0 amide bonds. The molecule has 1 aromatic carbocycles. The molecule has 1 saturated carbocycles. The molecule has 2 nitrogen and oxygen atoms in total. The summed E-state index contributed by atoms with van der Waals surface area (Å²) >= 11 is 10.2. The van der Waals surface area contributed by atoms with E-state index < -0.39 is 0 Å². The molecule has 0 heterocycles. The number of alkyl halides is 1. The van der Waals surface area contributed by atoms with E-state index in [9.17, 15) is 0 Å². The highest BCUT2D eigenvalue weighted by Crippen LogP contribution is 2.47. The average molecular weight is 348 g/mol. The molecule has 1 aromatic rings. The molecular formula is C15H20BrClO2. The van der Waals surface area contributed by atoms with Crippen LogP contribution in [0, 0.1) is 5.92 Å². The molecule has 0 spiro atoms. The van der Waals surface area contributed by atoms with E-state index in [1.165, 1.54) is 19.3 Å². The summed E-state index contributed by atoms with van der Waals surface area (Å²) in [6.07, 6.45) is 3.85. The van der Waals surface area contributed by atoms with E-state index in [0.717, 1.165) is 22.1 Å². The van der Waals surface area contributed by atoms with Crippen LogP contribution in [0.25, 0.3) is 0 Å². The van der Waals surface area contributed by atoms with Crippen molar-refractivity contribution in [1.29, 1.82) is 0 Å². The number of hydrogen-bond donors (Lipinski definition) is 0. The molecule has 1 fully saturated rings. The molecule has 1 aliphatic rings. The summed E-state index contributed by atoms with van der Waals surface area (Å²) in [6, 6.07) is 3.90. The molecule has 2 rings (SSSR count). The lowest BCUT2D eigenvalue weighted by Gasteiger charge is -2.31. The summed E-state index contributed by atoms with van der Waals surface area (Å²) in [6.45, 7) is 5.16. The first-order valence-corrected chi connectivity index (χ1v) is 8.19. The highest BCUT2D eigenvalue weighted by Gasteiger charge is 2.28. The SMILES string of the molecule is CCOc1cc(Cl)c(C(Br)C2CCC2)cc1OCC. The van der Waals surface area contributed by atoms with Crippen LogP contribution in [0.2, 0.25) is 5.02 Å². The van der Waals surface area contributed by atoms with Crippen molar-refractivity contribution in [3.8, 4) is 11.5 Å². The van der Waals surface area contributed by atoms with Gasteiger partial charge in [0.15, 0.2) is 11.5 Å². The van der Waals surface area contributed by atoms with Crippen LogP contribution < -0.4 is 9.47 Å². The lowest BCUT2D eigenvalue weighted by atomic mass is 9.81. The van der Waals surface area contributed by atoms with Crippen molar-refractivity contribution in [3.63, 3.8) is 0 Å². The van der Waals surface area contributed by atoms with Crippen molar-refractivity contribution >= 4 is 27.5 Å². The number of hydrogen-bond acceptors (Lipinski definition) is 2. The third kappa shape index (κ3) is 3.38. The van der Waals surface area contributed by atoms with Crippen molar-refractivity contribution in [2.45, 2.75) is 37.9 Å². The van der Waals surface area contributed by atoms with E-state index in [0.29, 0.717) is 24.0 Å². The minimum atomic E-state index is 0.309. The Kier molecular flexibility index (Phi) is 5.40. The molecule has 19 heavy (non-hydrogen) atoms. The predicted octanol–water partition coefficient (Wildman–Crippen LogP) is 5.37. The Labute approximate surface area is 128 Å². The Morgan fingerprint density at radius 3 is 2.26 bits per heavy atom. The molecule has 1 aliphatic carbocycles. The zero-order valence-electron chi connectivity index (χ0n) is 11.4. The molecule has 0 aromatic heterocycles. The molecule has 106 valence electrons. The van der Waals surface area contributed by atoms with Gasteiger partial charge >= 0.3 is 0 Å². The molecule has 1 atom stereocenters. The van der Waals surface area contributed by atoms with Crippen LogP contribution in [0.1, 0.15) is 43.5 Å². The van der Waals surface area contributed by atoms with Gasteiger partial charge in [-0.25, -0.2) is 0 Å². The average Bonchev–Trinajstić information content (AvgIpc) is 2.30. The Morgan fingerprint density at radius 2 is 1.79 bits per heavy atom. The summed E-state index contributed by atoms with van der Waals surface area (Å²) in [7, 11) is 0. The molecule has 0 radical (unpaired) electrons. The van der Waals surface area contributed by atoms with Gasteiger partial charge in [0.1, 0.15) is 0 Å². The third-order valence-electron chi connectivity index (χ3n) is 3.52. The second-order valence-electron chi connectivity index (χ2n) is 4.78. The van der Waals surface area contributed by atoms with Crippen LogP contribution in [0.3, 0.4) is 0 Å². The van der Waals surface area contributed by atoms with Crippen LogP contribution >= 0.6 is 27.5 Å². The van der Waals surface area contributed by atoms with Crippen LogP contribution in [0.5, 0.6) is 11.5 Å². The minimum Gasteiger partial charge on any atom is -0.490 e. The first kappa shape index (κ1) is 15.0. The second-order valence-corrected chi connectivity index (χ2v) is 6.17. The number of halogens is 2. The van der Waals surface area contributed by atoms with E-state index in [1.54, 1.807) is 0 Å². The van der Waals surface area contributed by atoms with Crippen molar-refractivity contribution < 1.29 is 9.47 Å². The molecular weight excluding hydrogens is 328 g/mol. The van der Waals surface area contributed by atoms with Gasteiger partial charge in [-0.2, -0.15) is 0 Å². The van der Waals surface area contributed by atoms with Crippen molar-refractivity contribution in [2.75, 3.05) is 13.2 Å². The van der Waals surface area contributed by atoms with Gasteiger partial charge in [-0.15, -0.1) is 0 Å². The van der Waals surface area contributed by atoms with E-state index in [2.05, 4.69) is 15.9 Å². The fourth-order valence-electron chi connectivity index (χ4n) is 2.29. The highest BCUT2D eigenvalue weighted by atomic mass is 79.9. The summed E-state index contributed by atoms with van der Waals surface area (Å²) in [5.74, 6) is 2.20. The molecule has 0 aliphatic heterocycles. The van der Waals surface area contributed by atoms with Crippen molar-refractivity contribution in [3.05, 3.63) is 22.7 Å². The summed E-state index contributed by atoms with van der Waals surface area (Å²) in [5, 5.41) is 0.751. The normalized spacial score (nSPS) is 16.8. The zero-order valence-corrected chi connectivity index (χ0v) is 13.8. The standard InChI is InChI=1S/C15H20BrClO2/c1-3-18-13-8-11(15(16)10-6-5-7-10)12(17)9-14(13)19-4-2/h8-10,15H,3-7H2,1-2H3. The van der Waals surface area contributed by atoms with E-state index >= 15 is 0 Å². The quantitative estimate of drug-likeness (QED) is 0.644. The van der Waals surface area contributed by atoms with Crippen molar-refractivity contribution in [2.24, 2.45) is 5.92 Å². The van der Waals surface area contributed by atoms with Gasteiger partial charge in [-0.1, -0.05) is 34.0 Å². The van der Waals surface area contributed by atoms with Gasteiger partial charge in [-0.05, 0) is 44.2 Å².